The molecule has 0 saturated carbocycles. The Morgan fingerprint density at radius 3 is 2.38 bits per heavy atom. The molecular formula is C22H25F4N3O3. The standard InChI is InChI=1S/C21H22F4N2O2.CH3NO/c1-12-7-15-19(18(22)14(12)8-20(2,3)4)29-11-17(28)27(15)10-13-5-6-16(26-9-13)21(23,24)25;2-1-3/h5-7,9H,8,10-11H2,1-4H3;1H,(H2,2,3). The zero-order valence-corrected chi connectivity index (χ0v) is 18.2. The number of hydrogen-bond donors (Lipinski definition) is 1. The third-order valence-corrected chi connectivity index (χ3v) is 4.62. The number of nitrogens with two attached hydrogens (primary N) is 1. The number of amides is 2. The molecule has 3 rings (SSSR count). The Balaban J connectivity index is 0.00000114. The maximum Gasteiger partial charge on any atom is 0.433 e. The van der Waals surface area contributed by atoms with E-state index in [0.29, 0.717) is 23.1 Å². The molecule has 0 fully saturated rings. The molecular weight excluding hydrogens is 430 g/mol. The molecule has 2 N–H and O–H groups in total. The van der Waals surface area contributed by atoms with Crippen molar-refractivity contribution in [1.82, 2.24) is 4.98 Å². The molecule has 1 aliphatic rings. The van der Waals surface area contributed by atoms with Gasteiger partial charge in [0, 0.05) is 6.20 Å². The number of carbonyl (C=O) groups is 2. The average molecular weight is 455 g/mol. The Morgan fingerprint density at radius 2 is 1.88 bits per heavy atom. The third-order valence-electron chi connectivity index (χ3n) is 4.62. The number of nitrogens with zero attached hydrogens (tertiary/aromatic N) is 2. The summed E-state index contributed by atoms with van der Waals surface area (Å²) in [6.45, 7) is 7.40. The van der Waals surface area contributed by atoms with Crippen LogP contribution in [0.4, 0.5) is 23.2 Å². The molecule has 0 unspecified atom stereocenters. The van der Waals surface area contributed by atoms with E-state index in [1.165, 1.54) is 11.0 Å². The van der Waals surface area contributed by atoms with Crippen molar-refractivity contribution in [3.8, 4) is 5.75 Å². The van der Waals surface area contributed by atoms with E-state index in [-0.39, 0.29) is 36.4 Å². The lowest BCUT2D eigenvalue weighted by molar-refractivity contribution is -0.141. The SMILES string of the molecule is Cc1cc2c(c(F)c1CC(C)(C)C)OCC(=O)N2Cc1ccc(C(F)(F)F)nc1.NC=O. The van der Waals surface area contributed by atoms with Gasteiger partial charge in [-0.2, -0.15) is 13.2 Å². The van der Waals surface area contributed by atoms with Crippen LogP contribution in [0, 0.1) is 18.2 Å². The number of benzene rings is 1. The van der Waals surface area contributed by atoms with Gasteiger partial charge in [-0.25, -0.2) is 4.39 Å². The summed E-state index contributed by atoms with van der Waals surface area (Å²) in [5, 5.41) is 0. The number of ether oxygens (including phenoxy) is 1. The van der Waals surface area contributed by atoms with Crippen LogP contribution >= 0.6 is 0 Å². The Hall–Kier alpha value is -3.17. The highest BCUT2D eigenvalue weighted by Gasteiger charge is 2.33. The lowest BCUT2D eigenvalue weighted by Gasteiger charge is -2.31. The number of halogens is 4. The van der Waals surface area contributed by atoms with Crippen molar-refractivity contribution in [2.24, 2.45) is 11.1 Å². The molecule has 174 valence electrons. The average Bonchev–Trinajstić information content (AvgIpc) is 2.67. The van der Waals surface area contributed by atoms with Gasteiger partial charge in [-0.1, -0.05) is 26.8 Å². The van der Waals surface area contributed by atoms with Crippen LogP contribution in [0.1, 0.15) is 43.2 Å². The van der Waals surface area contributed by atoms with Crippen LogP contribution in [0.15, 0.2) is 24.4 Å². The van der Waals surface area contributed by atoms with Crippen LogP contribution in [-0.2, 0) is 28.7 Å². The lowest BCUT2D eigenvalue weighted by atomic mass is 9.85. The fourth-order valence-corrected chi connectivity index (χ4v) is 3.25. The van der Waals surface area contributed by atoms with Gasteiger partial charge >= 0.3 is 6.18 Å². The molecule has 1 aromatic carbocycles. The Bertz CT molecular complexity index is 984. The molecule has 32 heavy (non-hydrogen) atoms. The summed E-state index contributed by atoms with van der Waals surface area (Å²) in [5.74, 6) is -0.910. The normalized spacial score (nSPS) is 13.6. The first-order chi connectivity index (χ1) is 14.8. The van der Waals surface area contributed by atoms with Gasteiger partial charge in [-0.15, -0.1) is 0 Å². The molecule has 0 bridgehead atoms. The highest BCUT2D eigenvalue weighted by molar-refractivity contribution is 5.98. The summed E-state index contributed by atoms with van der Waals surface area (Å²) in [5.41, 5.74) is 4.90. The first-order valence-corrected chi connectivity index (χ1v) is 9.71. The summed E-state index contributed by atoms with van der Waals surface area (Å²) in [4.78, 5) is 25.7. The number of rotatable bonds is 3. The number of hydrogen-bond acceptors (Lipinski definition) is 4. The van der Waals surface area contributed by atoms with E-state index >= 15 is 4.39 Å². The number of anilines is 1. The molecule has 0 radical (unpaired) electrons. The first kappa shape index (κ1) is 25.1. The van der Waals surface area contributed by atoms with Gasteiger partial charge in [0.25, 0.3) is 5.91 Å². The van der Waals surface area contributed by atoms with Gasteiger partial charge in [0.15, 0.2) is 18.2 Å². The number of primary amides is 1. The van der Waals surface area contributed by atoms with E-state index in [9.17, 15) is 18.0 Å². The topological polar surface area (TPSA) is 85.5 Å². The molecule has 2 heterocycles. The predicted octanol–water partition coefficient (Wildman–Crippen LogP) is 4.16. The first-order valence-electron chi connectivity index (χ1n) is 9.71. The second-order valence-corrected chi connectivity index (χ2v) is 8.53. The smallest absolute Gasteiger partial charge is 0.433 e. The summed E-state index contributed by atoms with van der Waals surface area (Å²) in [6.07, 6.45) is -2.72. The Morgan fingerprint density at radius 1 is 1.25 bits per heavy atom. The van der Waals surface area contributed by atoms with Crippen molar-refractivity contribution in [3.05, 3.63) is 52.6 Å². The number of fused-ring (bicyclic) bond motifs is 1. The van der Waals surface area contributed by atoms with Crippen LogP contribution < -0.4 is 15.4 Å². The number of aryl methyl sites for hydroxylation is 1. The maximum absolute atomic E-state index is 15.2. The van der Waals surface area contributed by atoms with Gasteiger partial charge in [0.05, 0.1) is 12.2 Å². The molecule has 0 spiro atoms. The molecule has 10 heteroatoms. The zero-order valence-electron chi connectivity index (χ0n) is 18.2. The minimum absolute atomic E-state index is 0.00526. The van der Waals surface area contributed by atoms with Gasteiger partial charge in [0.1, 0.15) is 5.69 Å². The van der Waals surface area contributed by atoms with Gasteiger partial charge in [0.2, 0.25) is 6.41 Å². The molecule has 6 nitrogen and oxygen atoms in total. The summed E-state index contributed by atoms with van der Waals surface area (Å²) in [7, 11) is 0. The van der Waals surface area contributed by atoms with E-state index in [1.807, 2.05) is 20.8 Å². The van der Waals surface area contributed by atoms with Gasteiger partial charge < -0.3 is 15.4 Å². The predicted molar refractivity (Wildman–Crippen MR) is 110 cm³/mol. The van der Waals surface area contributed by atoms with Crippen LogP contribution in [0.2, 0.25) is 0 Å². The zero-order chi connectivity index (χ0) is 24.3. The fourth-order valence-electron chi connectivity index (χ4n) is 3.25. The Kier molecular flexibility index (Phi) is 7.48. The maximum atomic E-state index is 15.2. The highest BCUT2D eigenvalue weighted by Crippen LogP contribution is 2.40. The van der Waals surface area contributed by atoms with Crippen LogP contribution in [0.3, 0.4) is 0 Å². The van der Waals surface area contributed by atoms with E-state index in [0.717, 1.165) is 12.3 Å². The minimum Gasteiger partial charge on any atom is -0.478 e. The number of alkyl halides is 3. The molecule has 1 aliphatic heterocycles. The second kappa shape index (κ2) is 9.54. The Labute approximate surface area is 183 Å². The number of aromatic nitrogens is 1. The molecule has 0 aliphatic carbocycles. The summed E-state index contributed by atoms with van der Waals surface area (Å²) >= 11 is 0. The third kappa shape index (κ3) is 5.95. The molecule has 2 amide bonds. The van der Waals surface area contributed by atoms with Crippen LogP contribution in [0.25, 0.3) is 0 Å². The monoisotopic (exact) mass is 455 g/mol. The number of pyridine rings is 1. The van der Waals surface area contributed by atoms with Crippen molar-refractivity contribution >= 4 is 18.0 Å². The van der Waals surface area contributed by atoms with Gasteiger partial charge in [-0.05, 0) is 47.6 Å². The summed E-state index contributed by atoms with van der Waals surface area (Å²) < 4.78 is 58.6. The molecule has 0 saturated heterocycles. The van der Waals surface area contributed by atoms with Crippen molar-refractivity contribution < 1.29 is 31.9 Å². The van der Waals surface area contributed by atoms with Crippen LogP contribution in [0.5, 0.6) is 5.75 Å². The van der Waals surface area contributed by atoms with Crippen molar-refractivity contribution in [2.45, 2.75) is 46.8 Å². The molecule has 2 aromatic rings. The second-order valence-electron chi connectivity index (χ2n) is 8.53. The van der Waals surface area contributed by atoms with E-state index in [2.05, 4.69) is 10.7 Å². The van der Waals surface area contributed by atoms with Gasteiger partial charge in [-0.3, -0.25) is 14.6 Å². The van der Waals surface area contributed by atoms with E-state index in [4.69, 9.17) is 9.53 Å². The molecule has 1 aromatic heterocycles. The lowest BCUT2D eigenvalue weighted by Crippen LogP contribution is -2.39. The highest BCUT2D eigenvalue weighted by atomic mass is 19.4. The van der Waals surface area contributed by atoms with E-state index < -0.39 is 23.6 Å². The quantitative estimate of drug-likeness (QED) is 0.556. The number of carbonyl (C=O) groups excluding carboxylic acids is 2. The summed E-state index contributed by atoms with van der Waals surface area (Å²) in [6, 6.07) is 3.81. The fraction of sp³-hybridized carbons (Fsp3) is 0.409. The van der Waals surface area contributed by atoms with Crippen molar-refractivity contribution in [3.63, 3.8) is 0 Å². The van der Waals surface area contributed by atoms with E-state index in [1.54, 1.807) is 13.0 Å². The van der Waals surface area contributed by atoms with Crippen molar-refractivity contribution in [1.29, 1.82) is 0 Å². The van der Waals surface area contributed by atoms with Crippen molar-refractivity contribution in [2.75, 3.05) is 11.5 Å². The minimum atomic E-state index is -4.54. The largest absolute Gasteiger partial charge is 0.478 e. The van der Waals surface area contributed by atoms with Crippen LogP contribution in [-0.4, -0.2) is 23.9 Å². The molecule has 0 atom stereocenters.